The molecule has 4 aromatic rings. The summed E-state index contributed by atoms with van der Waals surface area (Å²) in [5, 5.41) is 8.45. The van der Waals surface area contributed by atoms with Crippen LogP contribution in [0.2, 0.25) is 0 Å². The van der Waals surface area contributed by atoms with Crippen LogP contribution in [0.15, 0.2) is 91.8 Å². The molecule has 12 nitrogen and oxygen atoms in total. The standard InChI is InChI=1S/C38H46N8O4/c1-3-29(2)44-21-5-22-45(37(44)47)33-11-9-32(10-12-33)43-20-4-6-30(16-23-43)24-31-7-13-34(14-8-31)48-25-35-26-49-38(50-35,27-46-41-18-19-42-46)36-15-17-39-28-40-36/h5,7-15,17-19,22,28-30,35H,3-4,6,16,20-21,23-27H2,1-2H3. The number of aromatic nitrogens is 5. The predicted octanol–water partition coefficient (Wildman–Crippen LogP) is 5.82. The van der Waals surface area contributed by atoms with Crippen LogP contribution >= 0.6 is 0 Å². The van der Waals surface area contributed by atoms with Crippen LogP contribution in [0.1, 0.15) is 50.8 Å². The Morgan fingerprint density at radius 1 is 0.980 bits per heavy atom. The zero-order chi connectivity index (χ0) is 34.3. The highest BCUT2D eigenvalue weighted by Crippen LogP contribution is 2.35. The molecule has 3 aliphatic heterocycles. The van der Waals surface area contributed by atoms with Crippen molar-refractivity contribution >= 4 is 17.4 Å². The van der Waals surface area contributed by atoms with Gasteiger partial charge in [0.1, 0.15) is 37.0 Å². The predicted molar refractivity (Wildman–Crippen MR) is 190 cm³/mol. The summed E-state index contributed by atoms with van der Waals surface area (Å²) in [6, 6.07) is 19.0. The first-order valence-electron chi connectivity index (χ1n) is 17.8. The molecule has 4 atom stereocenters. The van der Waals surface area contributed by atoms with Gasteiger partial charge >= 0.3 is 6.03 Å². The quantitative estimate of drug-likeness (QED) is 0.183. The van der Waals surface area contributed by atoms with Crippen LogP contribution in [-0.4, -0.2) is 80.9 Å². The van der Waals surface area contributed by atoms with Crippen molar-refractivity contribution in [3.05, 3.63) is 103 Å². The van der Waals surface area contributed by atoms with E-state index in [1.807, 2.05) is 23.2 Å². The van der Waals surface area contributed by atoms with Gasteiger partial charge in [0.15, 0.2) is 0 Å². The number of ether oxygens (including phenoxy) is 3. The van der Waals surface area contributed by atoms with Crippen LogP contribution in [0.3, 0.4) is 0 Å². The lowest BCUT2D eigenvalue weighted by Gasteiger charge is -2.35. The average Bonchev–Trinajstić information content (AvgIpc) is 3.77. The number of benzene rings is 2. The Balaban J connectivity index is 0.890. The molecule has 2 aromatic carbocycles. The number of rotatable bonds is 12. The van der Waals surface area contributed by atoms with E-state index < -0.39 is 5.79 Å². The van der Waals surface area contributed by atoms with E-state index in [0.29, 0.717) is 31.4 Å². The van der Waals surface area contributed by atoms with E-state index in [2.05, 4.69) is 81.4 Å². The Labute approximate surface area is 293 Å². The third-order valence-electron chi connectivity index (χ3n) is 10.0. The highest BCUT2D eigenvalue weighted by atomic mass is 16.8. The van der Waals surface area contributed by atoms with Gasteiger partial charge in [0.25, 0.3) is 0 Å². The lowest BCUT2D eigenvalue weighted by atomic mass is 9.93. The van der Waals surface area contributed by atoms with Crippen LogP contribution in [0.25, 0.3) is 0 Å². The Morgan fingerprint density at radius 3 is 2.54 bits per heavy atom. The Kier molecular flexibility index (Phi) is 10.4. The first-order valence-corrected chi connectivity index (χ1v) is 17.8. The second-order valence-corrected chi connectivity index (χ2v) is 13.4. The van der Waals surface area contributed by atoms with E-state index in [0.717, 1.165) is 50.2 Å². The van der Waals surface area contributed by atoms with Crippen molar-refractivity contribution in [1.82, 2.24) is 29.9 Å². The molecule has 12 heteroatoms. The summed E-state index contributed by atoms with van der Waals surface area (Å²) in [4.78, 5) is 29.3. The molecule has 0 bridgehead atoms. The molecule has 3 aliphatic rings. The van der Waals surface area contributed by atoms with Crippen molar-refractivity contribution in [2.45, 2.75) is 70.4 Å². The monoisotopic (exact) mass is 678 g/mol. The smallest absolute Gasteiger partial charge is 0.329 e. The highest BCUT2D eigenvalue weighted by Gasteiger charge is 2.46. The maximum absolute atomic E-state index is 13.1. The van der Waals surface area contributed by atoms with Crippen molar-refractivity contribution in [3.8, 4) is 5.75 Å². The fourth-order valence-electron chi connectivity index (χ4n) is 7.00. The van der Waals surface area contributed by atoms with Gasteiger partial charge in [-0.05, 0) is 99.0 Å². The Bertz CT molecular complexity index is 1700. The van der Waals surface area contributed by atoms with Crippen LogP contribution in [-0.2, 0) is 28.2 Å². The molecule has 2 fully saturated rings. The number of carbonyl (C=O) groups is 1. The third kappa shape index (κ3) is 7.66. The minimum atomic E-state index is -1.11. The van der Waals surface area contributed by atoms with Gasteiger partial charge in [0.05, 0.1) is 24.7 Å². The van der Waals surface area contributed by atoms with Gasteiger partial charge in [-0.25, -0.2) is 14.8 Å². The molecule has 7 rings (SSSR count). The van der Waals surface area contributed by atoms with Gasteiger partial charge < -0.3 is 24.0 Å². The van der Waals surface area contributed by atoms with Gasteiger partial charge in [-0.3, -0.25) is 4.90 Å². The number of anilines is 2. The summed E-state index contributed by atoms with van der Waals surface area (Å²) >= 11 is 0. The highest BCUT2D eigenvalue weighted by molar-refractivity contribution is 5.95. The summed E-state index contributed by atoms with van der Waals surface area (Å²) in [5.74, 6) is 0.311. The number of hydrogen-bond acceptors (Lipinski definition) is 9. The van der Waals surface area contributed by atoms with Crippen molar-refractivity contribution in [2.75, 3.05) is 42.6 Å². The van der Waals surface area contributed by atoms with Gasteiger partial charge in [-0.1, -0.05) is 19.1 Å². The first kappa shape index (κ1) is 33.7. The summed E-state index contributed by atoms with van der Waals surface area (Å²) in [6.45, 7) is 7.92. The van der Waals surface area contributed by atoms with Crippen LogP contribution in [0.4, 0.5) is 16.2 Å². The maximum atomic E-state index is 13.1. The molecule has 2 saturated heterocycles. The molecule has 0 radical (unpaired) electrons. The molecule has 0 spiro atoms. The molecular weight excluding hydrogens is 632 g/mol. The largest absolute Gasteiger partial charge is 0.491 e. The van der Waals surface area contributed by atoms with E-state index in [-0.39, 0.29) is 24.7 Å². The van der Waals surface area contributed by atoms with E-state index >= 15 is 0 Å². The summed E-state index contributed by atoms with van der Waals surface area (Å²) in [5.41, 5.74) is 4.06. The summed E-state index contributed by atoms with van der Waals surface area (Å²) in [7, 11) is 0. The van der Waals surface area contributed by atoms with Crippen molar-refractivity contribution in [3.63, 3.8) is 0 Å². The molecule has 0 aliphatic carbocycles. The molecule has 0 N–H and O–H groups in total. The van der Waals surface area contributed by atoms with Crippen LogP contribution in [0, 0.1) is 5.92 Å². The third-order valence-corrected chi connectivity index (χ3v) is 10.0. The number of carbonyl (C=O) groups excluding carboxylic acids is 1. The van der Waals surface area contributed by atoms with Crippen molar-refractivity contribution in [2.24, 2.45) is 5.92 Å². The molecule has 2 aromatic heterocycles. The second-order valence-electron chi connectivity index (χ2n) is 13.4. The molecule has 4 unspecified atom stereocenters. The number of nitrogens with zero attached hydrogens (tertiary/aromatic N) is 8. The molecule has 50 heavy (non-hydrogen) atoms. The second kappa shape index (κ2) is 15.4. The zero-order valence-electron chi connectivity index (χ0n) is 28.9. The number of amides is 2. The molecule has 262 valence electrons. The number of hydrogen-bond donors (Lipinski definition) is 0. The maximum Gasteiger partial charge on any atom is 0.329 e. The lowest BCUT2D eigenvalue weighted by molar-refractivity contribution is -0.195. The van der Waals surface area contributed by atoms with Crippen LogP contribution < -0.4 is 14.5 Å². The minimum Gasteiger partial charge on any atom is -0.491 e. The fourth-order valence-corrected chi connectivity index (χ4v) is 7.00. The molecule has 2 amide bonds. The van der Waals surface area contributed by atoms with Gasteiger partial charge in [-0.2, -0.15) is 15.0 Å². The zero-order valence-corrected chi connectivity index (χ0v) is 28.9. The molecule has 5 heterocycles. The van der Waals surface area contributed by atoms with Crippen LogP contribution in [0.5, 0.6) is 5.75 Å². The van der Waals surface area contributed by atoms with Crippen molar-refractivity contribution < 1.29 is 19.0 Å². The normalized spacial score (nSPS) is 23.2. The van der Waals surface area contributed by atoms with E-state index in [1.165, 1.54) is 28.8 Å². The molecule has 0 saturated carbocycles. The minimum absolute atomic E-state index is 0.0466. The van der Waals surface area contributed by atoms with Gasteiger partial charge in [0, 0.05) is 43.8 Å². The van der Waals surface area contributed by atoms with Gasteiger partial charge in [0.2, 0.25) is 5.79 Å². The Hall–Kier alpha value is -4.81. The number of urea groups is 1. The van der Waals surface area contributed by atoms with Crippen molar-refractivity contribution in [1.29, 1.82) is 0 Å². The van der Waals surface area contributed by atoms with Gasteiger partial charge in [-0.15, -0.1) is 0 Å². The fraction of sp³-hybridized carbons (Fsp3) is 0.447. The summed E-state index contributed by atoms with van der Waals surface area (Å²) in [6.07, 6.45) is 15.6. The average molecular weight is 679 g/mol. The topological polar surface area (TPSA) is 111 Å². The first-order chi connectivity index (χ1) is 24.5. The Morgan fingerprint density at radius 2 is 1.78 bits per heavy atom. The summed E-state index contributed by atoms with van der Waals surface area (Å²) < 4.78 is 18.7. The lowest BCUT2D eigenvalue weighted by Crippen LogP contribution is -2.48. The van der Waals surface area contributed by atoms with E-state index in [4.69, 9.17) is 14.2 Å². The molecular formula is C38H46N8O4. The van der Waals surface area contributed by atoms with E-state index in [1.54, 1.807) is 29.6 Å². The SMILES string of the molecule is CCC(C)N1CC=CN(c2ccc(N3CCCC(Cc4ccc(OCC5COC(Cn6nccn6)(c6ccncn6)O5)cc4)CC3)cc2)C1=O. The van der Waals surface area contributed by atoms with E-state index in [9.17, 15) is 4.79 Å².